The van der Waals surface area contributed by atoms with Crippen molar-refractivity contribution in [3.8, 4) is 0 Å². The van der Waals surface area contributed by atoms with Gasteiger partial charge >= 0.3 is 0 Å². The summed E-state index contributed by atoms with van der Waals surface area (Å²) >= 11 is 0. The normalized spacial score (nSPS) is 20.9. The summed E-state index contributed by atoms with van der Waals surface area (Å²) in [6, 6.07) is 9.42. The van der Waals surface area contributed by atoms with Crippen LogP contribution in [0.4, 0.5) is 5.69 Å². The van der Waals surface area contributed by atoms with Crippen LogP contribution in [0, 0.1) is 0 Å². The van der Waals surface area contributed by atoms with Gasteiger partial charge in [0.05, 0.1) is 12.1 Å². The van der Waals surface area contributed by atoms with Crippen molar-refractivity contribution >= 4 is 17.5 Å². The highest BCUT2D eigenvalue weighted by atomic mass is 16.5. The molecule has 7 nitrogen and oxygen atoms in total. The van der Waals surface area contributed by atoms with Gasteiger partial charge in [-0.1, -0.05) is 18.2 Å². The fourth-order valence-corrected chi connectivity index (χ4v) is 3.30. The molecule has 2 heterocycles. The highest BCUT2D eigenvalue weighted by Crippen LogP contribution is 2.21. The Morgan fingerprint density at radius 2 is 1.72 bits per heavy atom. The van der Waals surface area contributed by atoms with Crippen LogP contribution < -0.4 is 11.1 Å². The third-order valence-electron chi connectivity index (χ3n) is 4.90. The molecule has 2 aliphatic heterocycles. The number of anilines is 1. The van der Waals surface area contributed by atoms with Gasteiger partial charge < -0.3 is 20.7 Å². The third-order valence-corrected chi connectivity index (χ3v) is 4.90. The Bertz CT molecular complexity index is 594. The van der Waals surface area contributed by atoms with Crippen molar-refractivity contribution in [3.63, 3.8) is 0 Å². The molecule has 2 amide bonds. The van der Waals surface area contributed by atoms with Gasteiger partial charge in [0.15, 0.2) is 0 Å². The van der Waals surface area contributed by atoms with Gasteiger partial charge in [-0.15, -0.1) is 0 Å². The Morgan fingerprint density at radius 1 is 1.08 bits per heavy atom. The number of benzene rings is 1. The van der Waals surface area contributed by atoms with E-state index in [1.807, 2.05) is 35.2 Å². The summed E-state index contributed by atoms with van der Waals surface area (Å²) in [6.45, 7) is 4.00. The lowest BCUT2D eigenvalue weighted by molar-refractivity contribution is -0.142. The zero-order chi connectivity index (χ0) is 17.7. The zero-order valence-electron chi connectivity index (χ0n) is 14.4. The van der Waals surface area contributed by atoms with Crippen LogP contribution in [0.25, 0.3) is 0 Å². The van der Waals surface area contributed by atoms with Gasteiger partial charge in [0, 0.05) is 45.1 Å². The zero-order valence-corrected chi connectivity index (χ0v) is 14.4. The second-order valence-corrected chi connectivity index (χ2v) is 6.75. The summed E-state index contributed by atoms with van der Waals surface area (Å²) in [7, 11) is 0. The monoisotopic (exact) mass is 346 g/mol. The molecule has 3 N–H and O–H groups in total. The molecule has 0 atom stereocenters. The fourth-order valence-electron chi connectivity index (χ4n) is 3.30. The Labute approximate surface area is 148 Å². The van der Waals surface area contributed by atoms with Crippen LogP contribution in [-0.4, -0.2) is 73.1 Å². The average molecular weight is 346 g/mol. The molecule has 136 valence electrons. The van der Waals surface area contributed by atoms with Gasteiger partial charge in [-0.05, 0) is 25.0 Å². The van der Waals surface area contributed by atoms with Crippen LogP contribution in [-0.2, 0) is 14.3 Å². The molecule has 0 aliphatic carbocycles. The highest BCUT2D eigenvalue weighted by molar-refractivity contribution is 5.92. The topological polar surface area (TPSA) is 87.9 Å². The number of carbonyl (C=O) groups is 2. The molecule has 1 aromatic carbocycles. The van der Waals surface area contributed by atoms with Gasteiger partial charge in [0.25, 0.3) is 0 Å². The molecule has 7 heteroatoms. The standard InChI is InChI=1S/C18H26N4O3/c19-18(6-12-25-13-7-18)17(24)22-10-8-21(9-11-22)14-16(23)20-15-4-2-1-3-5-15/h1-5H,6-14,19H2,(H,20,23). The molecule has 1 aromatic rings. The van der Waals surface area contributed by atoms with Crippen LogP contribution in [0.15, 0.2) is 30.3 Å². The summed E-state index contributed by atoms with van der Waals surface area (Å²) in [6.07, 6.45) is 1.15. The number of nitrogens with zero attached hydrogens (tertiary/aromatic N) is 2. The number of nitrogens with one attached hydrogen (secondary N) is 1. The van der Waals surface area contributed by atoms with Gasteiger partial charge in [0.1, 0.15) is 0 Å². The number of carbonyl (C=O) groups excluding carboxylic acids is 2. The SMILES string of the molecule is NC1(C(=O)N2CCN(CC(=O)Nc3ccccc3)CC2)CCOCC1. The van der Waals surface area contributed by atoms with E-state index in [2.05, 4.69) is 10.2 Å². The molecular weight excluding hydrogens is 320 g/mol. The maximum absolute atomic E-state index is 12.7. The summed E-state index contributed by atoms with van der Waals surface area (Å²) in [5.74, 6) is -0.0186. The molecule has 2 saturated heterocycles. The van der Waals surface area contributed by atoms with E-state index in [4.69, 9.17) is 10.5 Å². The van der Waals surface area contributed by atoms with Crippen LogP contribution in [0.2, 0.25) is 0 Å². The first-order valence-corrected chi connectivity index (χ1v) is 8.80. The summed E-state index contributed by atoms with van der Waals surface area (Å²) in [4.78, 5) is 28.7. The molecule has 0 radical (unpaired) electrons. The second kappa shape index (κ2) is 7.95. The summed E-state index contributed by atoms with van der Waals surface area (Å²) < 4.78 is 5.31. The first-order chi connectivity index (χ1) is 12.1. The molecule has 0 unspecified atom stereocenters. The Kier molecular flexibility index (Phi) is 5.67. The molecule has 0 aromatic heterocycles. The van der Waals surface area contributed by atoms with E-state index in [1.54, 1.807) is 0 Å². The van der Waals surface area contributed by atoms with E-state index in [1.165, 1.54) is 0 Å². The van der Waals surface area contributed by atoms with E-state index in [9.17, 15) is 9.59 Å². The number of amides is 2. The number of nitrogens with two attached hydrogens (primary N) is 1. The predicted molar refractivity (Wildman–Crippen MR) is 95.1 cm³/mol. The quantitative estimate of drug-likeness (QED) is 0.817. The van der Waals surface area contributed by atoms with Crippen LogP contribution in [0.5, 0.6) is 0 Å². The number of hydrogen-bond acceptors (Lipinski definition) is 5. The predicted octanol–water partition coefficient (Wildman–Crippen LogP) is 0.277. The Hall–Kier alpha value is -1.96. The van der Waals surface area contributed by atoms with Gasteiger partial charge in [0.2, 0.25) is 11.8 Å². The van der Waals surface area contributed by atoms with Crippen molar-refractivity contribution in [2.24, 2.45) is 5.73 Å². The van der Waals surface area contributed by atoms with Gasteiger partial charge in [-0.25, -0.2) is 0 Å². The van der Waals surface area contributed by atoms with Crippen LogP contribution in [0.1, 0.15) is 12.8 Å². The fraction of sp³-hybridized carbons (Fsp3) is 0.556. The van der Waals surface area contributed by atoms with Crippen molar-refractivity contribution in [3.05, 3.63) is 30.3 Å². The van der Waals surface area contributed by atoms with Crippen molar-refractivity contribution < 1.29 is 14.3 Å². The second-order valence-electron chi connectivity index (χ2n) is 6.75. The number of rotatable bonds is 4. The minimum absolute atomic E-state index is 0.0178. The van der Waals surface area contributed by atoms with Crippen LogP contribution >= 0.6 is 0 Å². The highest BCUT2D eigenvalue weighted by Gasteiger charge is 2.39. The molecule has 0 bridgehead atoms. The number of piperazine rings is 1. The Morgan fingerprint density at radius 3 is 2.36 bits per heavy atom. The van der Waals surface area contributed by atoms with Crippen molar-refractivity contribution in [2.45, 2.75) is 18.4 Å². The van der Waals surface area contributed by atoms with Crippen molar-refractivity contribution in [2.75, 3.05) is 51.3 Å². The van der Waals surface area contributed by atoms with E-state index >= 15 is 0 Å². The molecule has 3 rings (SSSR count). The van der Waals surface area contributed by atoms with E-state index < -0.39 is 5.54 Å². The number of ether oxygens (including phenoxy) is 1. The smallest absolute Gasteiger partial charge is 0.242 e. The largest absolute Gasteiger partial charge is 0.381 e. The molecule has 0 spiro atoms. The van der Waals surface area contributed by atoms with Gasteiger partial charge in [-0.3, -0.25) is 14.5 Å². The lowest BCUT2D eigenvalue weighted by Crippen LogP contribution is -2.61. The molecule has 2 fully saturated rings. The lowest BCUT2D eigenvalue weighted by Gasteiger charge is -2.40. The third kappa shape index (κ3) is 4.56. The molecule has 0 saturated carbocycles. The molecule has 2 aliphatic rings. The summed E-state index contributed by atoms with van der Waals surface area (Å²) in [5.41, 5.74) is 6.30. The summed E-state index contributed by atoms with van der Waals surface area (Å²) in [5, 5.41) is 2.89. The average Bonchev–Trinajstić information content (AvgIpc) is 2.63. The number of hydrogen-bond donors (Lipinski definition) is 2. The maximum atomic E-state index is 12.7. The van der Waals surface area contributed by atoms with Gasteiger partial charge in [-0.2, -0.15) is 0 Å². The van der Waals surface area contributed by atoms with E-state index in [-0.39, 0.29) is 11.8 Å². The van der Waals surface area contributed by atoms with Crippen molar-refractivity contribution in [1.82, 2.24) is 9.80 Å². The molecular formula is C18H26N4O3. The maximum Gasteiger partial charge on any atom is 0.242 e. The minimum Gasteiger partial charge on any atom is -0.381 e. The minimum atomic E-state index is -0.787. The lowest BCUT2D eigenvalue weighted by atomic mass is 9.89. The first kappa shape index (κ1) is 17.8. The van der Waals surface area contributed by atoms with E-state index in [0.29, 0.717) is 58.8 Å². The number of para-hydroxylation sites is 1. The first-order valence-electron chi connectivity index (χ1n) is 8.80. The van der Waals surface area contributed by atoms with Crippen molar-refractivity contribution in [1.29, 1.82) is 0 Å². The van der Waals surface area contributed by atoms with E-state index in [0.717, 1.165) is 5.69 Å². The Balaban J connectivity index is 1.45. The van der Waals surface area contributed by atoms with Crippen LogP contribution in [0.3, 0.4) is 0 Å². The molecule has 25 heavy (non-hydrogen) atoms.